The lowest BCUT2D eigenvalue weighted by atomic mass is 10.1. The van der Waals surface area contributed by atoms with Crippen LogP contribution in [0, 0.1) is 13.8 Å². The van der Waals surface area contributed by atoms with Crippen LogP contribution in [0.1, 0.15) is 11.1 Å². The summed E-state index contributed by atoms with van der Waals surface area (Å²) in [7, 11) is 4.70. The number of anilines is 1. The Morgan fingerprint density at radius 1 is 1.07 bits per heavy atom. The summed E-state index contributed by atoms with van der Waals surface area (Å²) in [4.78, 5) is 41.1. The number of nitrogens with one attached hydrogen (secondary N) is 1. The third kappa shape index (κ3) is 3.42. The van der Waals surface area contributed by atoms with Crippen LogP contribution in [0.25, 0.3) is 11.2 Å². The lowest BCUT2D eigenvalue weighted by Gasteiger charge is -2.07. The fourth-order valence-electron chi connectivity index (χ4n) is 2.77. The van der Waals surface area contributed by atoms with Crippen LogP contribution in [0.3, 0.4) is 0 Å². The van der Waals surface area contributed by atoms with Crippen LogP contribution < -0.4 is 16.6 Å². The minimum atomic E-state index is -0.436. The number of nitrogens with zero attached hydrogens (tertiary/aromatic N) is 4. The van der Waals surface area contributed by atoms with E-state index in [4.69, 9.17) is 0 Å². The second-order valence-corrected chi connectivity index (χ2v) is 7.41. The number of hydrogen-bond donors (Lipinski definition) is 1. The Bertz CT molecular complexity index is 1170. The minimum Gasteiger partial charge on any atom is -0.325 e. The van der Waals surface area contributed by atoms with Crippen molar-refractivity contribution in [1.29, 1.82) is 0 Å². The summed E-state index contributed by atoms with van der Waals surface area (Å²) in [5.74, 6) is -0.0321. The lowest BCUT2D eigenvalue weighted by molar-refractivity contribution is -0.113. The van der Waals surface area contributed by atoms with Gasteiger partial charge in [-0.3, -0.25) is 18.7 Å². The van der Waals surface area contributed by atoms with E-state index in [9.17, 15) is 14.4 Å². The van der Waals surface area contributed by atoms with Gasteiger partial charge in [-0.05, 0) is 37.1 Å². The van der Waals surface area contributed by atoms with Gasteiger partial charge in [-0.1, -0.05) is 17.8 Å². The average Bonchev–Trinajstić information content (AvgIpc) is 2.96. The van der Waals surface area contributed by atoms with Crippen molar-refractivity contribution in [3.05, 3.63) is 50.2 Å². The van der Waals surface area contributed by atoms with E-state index in [1.807, 2.05) is 32.0 Å². The molecule has 1 aromatic carbocycles. The fraction of sp³-hybridized carbons (Fsp3) is 0.333. The molecule has 3 aromatic rings. The zero-order chi connectivity index (χ0) is 19.9. The third-order valence-electron chi connectivity index (χ3n) is 4.56. The van der Waals surface area contributed by atoms with Crippen LogP contribution in [0.4, 0.5) is 5.69 Å². The number of hydrogen-bond acceptors (Lipinski definition) is 5. The van der Waals surface area contributed by atoms with Crippen LogP contribution in [-0.2, 0) is 25.9 Å². The second kappa shape index (κ2) is 7.07. The van der Waals surface area contributed by atoms with Crippen molar-refractivity contribution >= 4 is 34.5 Å². The van der Waals surface area contributed by atoms with Crippen molar-refractivity contribution < 1.29 is 4.79 Å². The van der Waals surface area contributed by atoms with E-state index in [0.717, 1.165) is 21.4 Å². The number of benzene rings is 1. The number of carbonyl (C=O) groups is 1. The van der Waals surface area contributed by atoms with Gasteiger partial charge in [0.15, 0.2) is 16.3 Å². The molecule has 1 N–H and O–H groups in total. The summed E-state index contributed by atoms with van der Waals surface area (Å²) in [6.07, 6.45) is 0. The first-order chi connectivity index (χ1) is 12.7. The van der Waals surface area contributed by atoms with Crippen LogP contribution >= 0.6 is 11.8 Å². The molecule has 0 spiro atoms. The Kier molecular flexibility index (Phi) is 4.97. The first-order valence-electron chi connectivity index (χ1n) is 8.33. The third-order valence-corrected chi connectivity index (χ3v) is 5.59. The molecule has 0 saturated carbocycles. The van der Waals surface area contributed by atoms with Crippen molar-refractivity contribution in [2.45, 2.75) is 19.0 Å². The predicted octanol–water partition coefficient (Wildman–Crippen LogP) is 1.32. The monoisotopic (exact) mass is 387 g/mol. The van der Waals surface area contributed by atoms with E-state index < -0.39 is 11.2 Å². The van der Waals surface area contributed by atoms with E-state index in [-0.39, 0.29) is 11.7 Å². The fourth-order valence-corrected chi connectivity index (χ4v) is 3.54. The maximum Gasteiger partial charge on any atom is 0.332 e. The van der Waals surface area contributed by atoms with E-state index in [2.05, 4.69) is 10.3 Å². The number of aryl methyl sites for hydroxylation is 4. The summed E-state index contributed by atoms with van der Waals surface area (Å²) in [6.45, 7) is 4.00. The summed E-state index contributed by atoms with van der Waals surface area (Å²) in [5.41, 5.74) is 2.80. The molecule has 0 unspecified atom stereocenters. The highest BCUT2D eigenvalue weighted by Crippen LogP contribution is 2.21. The van der Waals surface area contributed by atoms with Crippen molar-refractivity contribution in [2.75, 3.05) is 11.1 Å². The first-order valence-corrected chi connectivity index (χ1v) is 9.31. The molecule has 0 atom stereocenters. The Labute approximate surface area is 159 Å². The molecule has 9 heteroatoms. The highest BCUT2D eigenvalue weighted by molar-refractivity contribution is 7.99. The van der Waals surface area contributed by atoms with Gasteiger partial charge >= 0.3 is 5.69 Å². The van der Waals surface area contributed by atoms with Crippen LogP contribution in [0.15, 0.2) is 32.9 Å². The second-order valence-electron chi connectivity index (χ2n) is 6.47. The van der Waals surface area contributed by atoms with Crippen molar-refractivity contribution in [3.8, 4) is 0 Å². The molecule has 1 amide bonds. The van der Waals surface area contributed by atoms with E-state index >= 15 is 0 Å². The SMILES string of the molecule is Cc1ccc(NC(=O)CSc2nc3c(c(=O)n(C)c(=O)n3C)n2C)cc1C. The van der Waals surface area contributed by atoms with Gasteiger partial charge in [-0.15, -0.1) is 0 Å². The molecule has 8 nitrogen and oxygen atoms in total. The number of rotatable bonds is 4. The highest BCUT2D eigenvalue weighted by atomic mass is 32.2. The number of imidazole rings is 1. The van der Waals surface area contributed by atoms with E-state index in [1.165, 1.54) is 23.4 Å². The van der Waals surface area contributed by atoms with Crippen molar-refractivity contribution in [3.63, 3.8) is 0 Å². The molecule has 0 aliphatic rings. The molecular formula is C18H21N5O3S. The number of carbonyl (C=O) groups excluding carboxylic acids is 1. The quantitative estimate of drug-likeness (QED) is 0.682. The van der Waals surface area contributed by atoms with Gasteiger partial charge in [-0.25, -0.2) is 9.78 Å². The molecule has 0 fully saturated rings. The molecule has 2 aromatic heterocycles. The first kappa shape index (κ1) is 19.0. The predicted molar refractivity (Wildman–Crippen MR) is 106 cm³/mol. The Morgan fingerprint density at radius 3 is 2.44 bits per heavy atom. The molecule has 0 radical (unpaired) electrons. The molecular weight excluding hydrogens is 366 g/mol. The van der Waals surface area contributed by atoms with Crippen LogP contribution in [0.2, 0.25) is 0 Å². The topological polar surface area (TPSA) is 90.9 Å². The van der Waals surface area contributed by atoms with E-state index in [0.29, 0.717) is 16.3 Å². The maximum atomic E-state index is 12.4. The molecule has 3 rings (SSSR count). The van der Waals surface area contributed by atoms with Gasteiger partial charge in [0.2, 0.25) is 5.91 Å². The average molecular weight is 387 g/mol. The number of thioether (sulfide) groups is 1. The molecule has 142 valence electrons. The van der Waals surface area contributed by atoms with Crippen LogP contribution in [0.5, 0.6) is 0 Å². The van der Waals surface area contributed by atoms with Crippen molar-refractivity contribution in [2.24, 2.45) is 21.1 Å². The summed E-state index contributed by atoms with van der Waals surface area (Å²) < 4.78 is 3.99. The minimum absolute atomic E-state index is 0.137. The van der Waals surface area contributed by atoms with E-state index in [1.54, 1.807) is 18.7 Å². The summed E-state index contributed by atoms with van der Waals surface area (Å²) in [5, 5.41) is 3.36. The molecule has 0 aliphatic heterocycles. The number of amides is 1. The smallest absolute Gasteiger partial charge is 0.325 e. The molecule has 27 heavy (non-hydrogen) atoms. The summed E-state index contributed by atoms with van der Waals surface area (Å²) >= 11 is 1.21. The van der Waals surface area contributed by atoms with Crippen LogP contribution in [-0.4, -0.2) is 30.3 Å². The molecule has 0 saturated heterocycles. The lowest BCUT2D eigenvalue weighted by Crippen LogP contribution is -2.37. The Morgan fingerprint density at radius 2 is 1.78 bits per heavy atom. The van der Waals surface area contributed by atoms with Crippen molar-refractivity contribution in [1.82, 2.24) is 18.7 Å². The van der Waals surface area contributed by atoms with Gasteiger partial charge in [0.25, 0.3) is 5.56 Å². The zero-order valence-electron chi connectivity index (χ0n) is 15.9. The zero-order valence-corrected chi connectivity index (χ0v) is 16.7. The normalized spacial score (nSPS) is 11.1. The Hall–Kier alpha value is -2.81. The molecule has 2 heterocycles. The highest BCUT2D eigenvalue weighted by Gasteiger charge is 2.18. The number of fused-ring (bicyclic) bond motifs is 1. The largest absolute Gasteiger partial charge is 0.332 e. The van der Waals surface area contributed by atoms with Gasteiger partial charge < -0.3 is 9.88 Å². The summed E-state index contributed by atoms with van der Waals surface area (Å²) in [6, 6.07) is 5.74. The number of aromatic nitrogens is 4. The standard InChI is InChI=1S/C18H21N5O3S/c1-10-6-7-12(8-11(10)2)19-13(24)9-27-17-20-15-14(21(17)3)16(25)23(5)18(26)22(15)4/h6-8H,9H2,1-5H3,(H,19,24). The van der Waals surface area contributed by atoms with Gasteiger partial charge in [-0.2, -0.15) is 0 Å². The van der Waals surface area contributed by atoms with Gasteiger partial charge in [0.05, 0.1) is 5.75 Å². The molecule has 0 aliphatic carbocycles. The Balaban J connectivity index is 1.82. The maximum absolute atomic E-state index is 12.4. The van der Waals surface area contributed by atoms with Gasteiger partial charge in [0.1, 0.15) is 0 Å². The van der Waals surface area contributed by atoms with Gasteiger partial charge in [0, 0.05) is 26.8 Å². The molecule has 0 bridgehead atoms.